The van der Waals surface area contributed by atoms with Crippen LogP contribution in [0.3, 0.4) is 0 Å². The molecule has 0 saturated heterocycles. The maximum atomic E-state index is 13.5. The summed E-state index contributed by atoms with van der Waals surface area (Å²) in [5.74, 6) is -2.68. The van der Waals surface area contributed by atoms with Crippen LogP contribution >= 0.6 is 11.6 Å². The molecule has 17 heavy (non-hydrogen) atoms. The van der Waals surface area contributed by atoms with E-state index in [2.05, 4.69) is 0 Å². The third kappa shape index (κ3) is 2.75. The summed E-state index contributed by atoms with van der Waals surface area (Å²) in [5.41, 5.74) is 0.216. The van der Waals surface area contributed by atoms with E-state index in [1.54, 1.807) is 6.92 Å². The molecule has 0 atom stereocenters. The van der Waals surface area contributed by atoms with Gasteiger partial charge < -0.3 is 0 Å². The van der Waals surface area contributed by atoms with Gasteiger partial charge >= 0.3 is 0 Å². The summed E-state index contributed by atoms with van der Waals surface area (Å²) in [6.07, 6.45) is 0. The van der Waals surface area contributed by atoms with Gasteiger partial charge in [-0.1, -0.05) is 6.92 Å². The molecule has 0 aliphatic rings. The van der Waals surface area contributed by atoms with E-state index in [0.29, 0.717) is 0 Å². The predicted octanol–water partition coefficient (Wildman–Crippen LogP) is 2.34. The van der Waals surface area contributed by atoms with E-state index >= 15 is 0 Å². The van der Waals surface area contributed by atoms with Crippen molar-refractivity contribution < 1.29 is 17.2 Å². The first-order chi connectivity index (χ1) is 7.84. The second kappa shape index (κ2) is 5.29. The van der Waals surface area contributed by atoms with Gasteiger partial charge in [0.25, 0.3) is 0 Å². The monoisotopic (exact) mass is 283 g/mol. The number of benzene rings is 1. The zero-order valence-corrected chi connectivity index (χ0v) is 10.9. The molecular formula is C10H12ClF2NO2S. The van der Waals surface area contributed by atoms with Crippen LogP contribution in [0, 0.1) is 11.6 Å². The van der Waals surface area contributed by atoms with Crippen molar-refractivity contribution in [2.45, 2.75) is 17.7 Å². The Labute approximate surface area is 104 Å². The number of hydrogen-bond donors (Lipinski definition) is 0. The van der Waals surface area contributed by atoms with Crippen LogP contribution in [0.2, 0.25) is 0 Å². The van der Waals surface area contributed by atoms with Crippen LogP contribution in [0.25, 0.3) is 0 Å². The van der Waals surface area contributed by atoms with Gasteiger partial charge in [-0.25, -0.2) is 21.5 Å². The average molecular weight is 284 g/mol. The minimum Gasteiger partial charge on any atom is -0.207 e. The molecule has 0 unspecified atom stereocenters. The second-order valence-electron chi connectivity index (χ2n) is 3.44. The van der Waals surface area contributed by atoms with E-state index in [1.807, 2.05) is 0 Å². The van der Waals surface area contributed by atoms with Crippen molar-refractivity contribution in [1.82, 2.24) is 4.31 Å². The average Bonchev–Trinajstić information content (AvgIpc) is 2.30. The molecule has 0 amide bonds. The van der Waals surface area contributed by atoms with Crippen LogP contribution < -0.4 is 0 Å². The van der Waals surface area contributed by atoms with Crippen molar-refractivity contribution in [3.8, 4) is 0 Å². The molecule has 0 heterocycles. The van der Waals surface area contributed by atoms with Crippen molar-refractivity contribution in [3.05, 3.63) is 29.3 Å². The Kier molecular flexibility index (Phi) is 4.46. The number of alkyl halides is 1. The highest BCUT2D eigenvalue weighted by Gasteiger charge is 2.26. The Balaban J connectivity index is 3.45. The summed E-state index contributed by atoms with van der Waals surface area (Å²) < 4.78 is 51.4. The molecule has 0 fully saturated rings. The van der Waals surface area contributed by atoms with Gasteiger partial charge in [0.05, 0.1) is 0 Å². The van der Waals surface area contributed by atoms with E-state index in [1.165, 1.54) is 7.05 Å². The predicted molar refractivity (Wildman–Crippen MR) is 61.4 cm³/mol. The van der Waals surface area contributed by atoms with Crippen LogP contribution in [-0.2, 0) is 15.9 Å². The molecule has 0 aromatic heterocycles. The molecular weight excluding hydrogens is 272 g/mol. The molecule has 1 rings (SSSR count). The van der Waals surface area contributed by atoms with Gasteiger partial charge in [-0.3, -0.25) is 0 Å². The highest BCUT2D eigenvalue weighted by atomic mass is 35.5. The lowest BCUT2D eigenvalue weighted by molar-refractivity contribution is 0.458. The summed E-state index contributed by atoms with van der Waals surface area (Å²) in [6.45, 7) is 1.76. The SMILES string of the molecule is CCN(C)S(=O)(=O)c1cc(CCl)cc(F)c1F. The molecule has 0 radical (unpaired) electrons. The number of sulfonamides is 1. The van der Waals surface area contributed by atoms with E-state index < -0.39 is 26.6 Å². The van der Waals surface area contributed by atoms with Gasteiger partial charge in [0, 0.05) is 19.5 Å². The first kappa shape index (κ1) is 14.3. The summed E-state index contributed by atoms with van der Waals surface area (Å²) >= 11 is 5.49. The lowest BCUT2D eigenvalue weighted by Crippen LogP contribution is -2.27. The van der Waals surface area contributed by atoms with Crippen LogP contribution in [0.4, 0.5) is 8.78 Å². The third-order valence-electron chi connectivity index (χ3n) is 2.34. The Hall–Kier alpha value is -0.720. The molecule has 1 aromatic rings. The lowest BCUT2D eigenvalue weighted by atomic mass is 10.2. The third-order valence-corrected chi connectivity index (χ3v) is 4.58. The van der Waals surface area contributed by atoms with Crippen molar-refractivity contribution in [1.29, 1.82) is 0 Å². The highest BCUT2D eigenvalue weighted by molar-refractivity contribution is 7.89. The van der Waals surface area contributed by atoms with Crippen LogP contribution in [-0.4, -0.2) is 26.3 Å². The minimum absolute atomic E-state index is 0.0877. The molecule has 7 heteroatoms. The van der Waals surface area contributed by atoms with E-state index in [-0.39, 0.29) is 18.0 Å². The number of rotatable bonds is 4. The van der Waals surface area contributed by atoms with Crippen molar-refractivity contribution >= 4 is 21.6 Å². The fraction of sp³-hybridized carbons (Fsp3) is 0.400. The van der Waals surface area contributed by atoms with Crippen molar-refractivity contribution in [2.75, 3.05) is 13.6 Å². The van der Waals surface area contributed by atoms with Gasteiger partial charge in [-0.2, -0.15) is 0 Å². The van der Waals surface area contributed by atoms with Gasteiger partial charge in [-0.15, -0.1) is 11.6 Å². The smallest absolute Gasteiger partial charge is 0.207 e. The Morgan fingerprint density at radius 3 is 2.41 bits per heavy atom. The first-order valence-corrected chi connectivity index (χ1v) is 6.82. The zero-order chi connectivity index (χ0) is 13.2. The molecule has 3 nitrogen and oxygen atoms in total. The molecule has 0 saturated carbocycles. The van der Waals surface area contributed by atoms with Crippen molar-refractivity contribution in [3.63, 3.8) is 0 Å². The largest absolute Gasteiger partial charge is 0.245 e. The second-order valence-corrected chi connectivity index (χ2v) is 5.72. The summed E-state index contributed by atoms with van der Waals surface area (Å²) in [7, 11) is -2.72. The zero-order valence-electron chi connectivity index (χ0n) is 9.37. The molecule has 0 spiro atoms. The molecule has 0 aliphatic heterocycles. The molecule has 0 aliphatic carbocycles. The summed E-state index contributed by atoms with van der Waals surface area (Å²) in [6, 6.07) is 1.93. The summed E-state index contributed by atoms with van der Waals surface area (Å²) in [4.78, 5) is -0.683. The lowest BCUT2D eigenvalue weighted by Gasteiger charge is -2.16. The normalized spacial score (nSPS) is 12.1. The maximum Gasteiger partial charge on any atom is 0.245 e. The molecule has 96 valence electrons. The van der Waals surface area contributed by atoms with Crippen LogP contribution in [0.5, 0.6) is 0 Å². The van der Waals surface area contributed by atoms with E-state index in [4.69, 9.17) is 11.6 Å². The Morgan fingerprint density at radius 1 is 1.35 bits per heavy atom. The number of hydrogen-bond acceptors (Lipinski definition) is 2. The van der Waals surface area contributed by atoms with Gasteiger partial charge in [0.1, 0.15) is 4.90 Å². The van der Waals surface area contributed by atoms with Crippen LogP contribution in [0.15, 0.2) is 17.0 Å². The fourth-order valence-corrected chi connectivity index (χ4v) is 2.67. The van der Waals surface area contributed by atoms with Crippen LogP contribution in [0.1, 0.15) is 12.5 Å². The van der Waals surface area contributed by atoms with E-state index in [0.717, 1.165) is 16.4 Å². The molecule has 0 N–H and O–H groups in total. The highest BCUT2D eigenvalue weighted by Crippen LogP contribution is 2.23. The van der Waals surface area contributed by atoms with Gasteiger partial charge in [0.15, 0.2) is 11.6 Å². The maximum absolute atomic E-state index is 13.5. The molecule has 0 bridgehead atoms. The van der Waals surface area contributed by atoms with Crippen molar-refractivity contribution in [2.24, 2.45) is 0 Å². The number of nitrogens with zero attached hydrogens (tertiary/aromatic N) is 1. The minimum atomic E-state index is -4.02. The fourth-order valence-electron chi connectivity index (χ4n) is 1.22. The van der Waals surface area contributed by atoms with Gasteiger partial charge in [-0.05, 0) is 17.7 Å². The molecule has 1 aromatic carbocycles. The Bertz CT molecular complexity index is 519. The summed E-state index contributed by atoms with van der Waals surface area (Å²) in [5, 5.41) is 0. The standard InChI is InChI=1S/C10H12ClF2NO2S/c1-3-14(2)17(15,16)9-5-7(6-11)4-8(12)10(9)13/h4-5H,3,6H2,1-2H3. The number of halogens is 3. The Morgan fingerprint density at radius 2 is 1.94 bits per heavy atom. The topological polar surface area (TPSA) is 37.4 Å². The van der Waals surface area contributed by atoms with E-state index in [9.17, 15) is 17.2 Å². The quantitative estimate of drug-likeness (QED) is 0.796. The first-order valence-electron chi connectivity index (χ1n) is 4.84. The van der Waals surface area contributed by atoms with Gasteiger partial charge in [0.2, 0.25) is 10.0 Å².